The van der Waals surface area contributed by atoms with Crippen molar-refractivity contribution in [3.05, 3.63) is 59.7 Å². The topological polar surface area (TPSA) is 48.1 Å². The average molecular weight is 274 g/mol. The van der Waals surface area contributed by atoms with Gasteiger partial charge < -0.3 is 10.5 Å². The van der Waals surface area contributed by atoms with Gasteiger partial charge in [-0.1, -0.05) is 25.1 Å². The van der Waals surface area contributed by atoms with E-state index in [1.165, 1.54) is 12.3 Å². The lowest BCUT2D eigenvalue weighted by Crippen LogP contribution is -2.38. The van der Waals surface area contributed by atoms with Crippen molar-refractivity contribution in [1.29, 1.82) is 0 Å². The first kappa shape index (κ1) is 14.5. The maximum atomic E-state index is 13.1. The molecule has 1 aromatic carbocycles. The molecule has 1 atom stereocenters. The first-order valence-corrected chi connectivity index (χ1v) is 6.75. The van der Waals surface area contributed by atoms with Gasteiger partial charge in [0.05, 0.1) is 24.0 Å². The van der Waals surface area contributed by atoms with Gasteiger partial charge >= 0.3 is 0 Å². The second-order valence-electron chi connectivity index (χ2n) is 4.62. The number of hydrogen-bond acceptors (Lipinski definition) is 3. The standard InChI is InChI=1S/C16H19FN2O/c1-3-16(18,15-10-9-12(17)11-19-15)13-7-5-6-8-14(13)20-4-2/h5-11H,3-4,18H2,1-2H3. The Hall–Kier alpha value is -1.94. The molecule has 2 aromatic rings. The summed E-state index contributed by atoms with van der Waals surface area (Å²) >= 11 is 0. The van der Waals surface area contributed by atoms with Crippen molar-refractivity contribution in [2.75, 3.05) is 6.61 Å². The Morgan fingerprint density at radius 3 is 2.55 bits per heavy atom. The van der Waals surface area contributed by atoms with Gasteiger partial charge in [0.1, 0.15) is 11.6 Å². The van der Waals surface area contributed by atoms with Crippen LogP contribution in [-0.4, -0.2) is 11.6 Å². The number of nitrogens with two attached hydrogens (primary N) is 1. The van der Waals surface area contributed by atoms with Gasteiger partial charge in [-0.25, -0.2) is 4.39 Å². The summed E-state index contributed by atoms with van der Waals surface area (Å²) in [6, 6.07) is 10.6. The van der Waals surface area contributed by atoms with Crippen LogP contribution in [0.2, 0.25) is 0 Å². The molecular formula is C16H19FN2O. The fourth-order valence-electron chi connectivity index (χ4n) is 2.27. The Morgan fingerprint density at radius 2 is 1.95 bits per heavy atom. The van der Waals surface area contributed by atoms with Crippen LogP contribution in [0.3, 0.4) is 0 Å². The van der Waals surface area contributed by atoms with E-state index in [-0.39, 0.29) is 5.82 Å². The van der Waals surface area contributed by atoms with E-state index in [4.69, 9.17) is 10.5 Å². The van der Waals surface area contributed by atoms with Crippen molar-refractivity contribution in [1.82, 2.24) is 4.98 Å². The number of benzene rings is 1. The lowest BCUT2D eigenvalue weighted by Gasteiger charge is -2.30. The molecule has 0 aliphatic heterocycles. The average Bonchev–Trinajstić information content (AvgIpc) is 2.48. The molecule has 0 saturated heterocycles. The molecule has 1 unspecified atom stereocenters. The first-order valence-electron chi connectivity index (χ1n) is 6.75. The molecular weight excluding hydrogens is 255 g/mol. The molecule has 2 rings (SSSR count). The van der Waals surface area contributed by atoms with E-state index >= 15 is 0 Å². The minimum Gasteiger partial charge on any atom is -0.494 e. The fraction of sp³-hybridized carbons (Fsp3) is 0.312. The number of aromatic nitrogens is 1. The van der Waals surface area contributed by atoms with Gasteiger partial charge in [-0.05, 0) is 31.5 Å². The normalized spacial score (nSPS) is 13.8. The smallest absolute Gasteiger partial charge is 0.141 e. The quantitative estimate of drug-likeness (QED) is 0.910. The lowest BCUT2D eigenvalue weighted by atomic mass is 9.84. The molecule has 1 heterocycles. The van der Waals surface area contributed by atoms with Crippen LogP contribution in [-0.2, 0) is 5.54 Å². The van der Waals surface area contributed by atoms with Crippen LogP contribution in [0.5, 0.6) is 5.75 Å². The Kier molecular flexibility index (Phi) is 4.35. The summed E-state index contributed by atoms with van der Waals surface area (Å²) in [4.78, 5) is 4.14. The SMILES string of the molecule is CCOc1ccccc1C(N)(CC)c1ccc(F)cn1. The minimum atomic E-state index is -0.792. The zero-order valence-electron chi connectivity index (χ0n) is 11.8. The number of nitrogens with zero attached hydrogens (tertiary/aromatic N) is 1. The lowest BCUT2D eigenvalue weighted by molar-refractivity contribution is 0.326. The molecule has 0 bridgehead atoms. The number of hydrogen-bond donors (Lipinski definition) is 1. The van der Waals surface area contributed by atoms with Gasteiger partial charge in [0, 0.05) is 5.56 Å². The van der Waals surface area contributed by atoms with E-state index in [2.05, 4.69) is 4.98 Å². The molecule has 0 radical (unpaired) electrons. The Balaban J connectivity index is 2.52. The van der Waals surface area contributed by atoms with E-state index in [0.29, 0.717) is 18.7 Å². The van der Waals surface area contributed by atoms with Crippen LogP contribution in [0.15, 0.2) is 42.6 Å². The van der Waals surface area contributed by atoms with Crippen LogP contribution >= 0.6 is 0 Å². The van der Waals surface area contributed by atoms with Crippen LogP contribution < -0.4 is 10.5 Å². The van der Waals surface area contributed by atoms with Gasteiger partial charge in [0.2, 0.25) is 0 Å². The molecule has 4 heteroatoms. The highest BCUT2D eigenvalue weighted by Crippen LogP contribution is 2.35. The van der Waals surface area contributed by atoms with Gasteiger partial charge in [-0.2, -0.15) is 0 Å². The maximum absolute atomic E-state index is 13.1. The molecule has 2 N–H and O–H groups in total. The van der Waals surface area contributed by atoms with Crippen LogP contribution in [0.25, 0.3) is 0 Å². The molecule has 0 amide bonds. The van der Waals surface area contributed by atoms with E-state index < -0.39 is 5.54 Å². The summed E-state index contributed by atoms with van der Waals surface area (Å²) in [5.41, 5.74) is 7.26. The Bertz CT molecular complexity index is 571. The van der Waals surface area contributed by atoms with Gasteiger partial charge in [-0.15, -0.1) is 0 Å². The summed E-state index contributed by atoms with van der Waals surface area (Å²) < 4.78 is 18.7. The van der Waals surface area contributed by atoms with Crippen molar-refractivity contribution in [3.63, 3.8) is 0 Å². The maximum Gasteiger partial charge on any atom is 0.141 e. The van der Waals surface area contributed by atoms with Crippen LogP contribution in [0.1, 0.15) is 31.5 Å². The summed E-state index contributed by atoms with van der Waals surface area (Å²) in [6.45, 7) is 4.47. The molecule has 0 spiro atoms. The second kappa shape index (κ2) is 6.01. The fourth-order valence-corrected chi connectivity index (χ4v) is 2.27. The summed E-state index contributed by atoms with van der Waals surface area (Å²) in [7, 11) is 0. The predicted octanol–water partition coefficient (Wildman–Crippen LogP) is 3.23. The van der Waals surface area contributed by atoms with Crippen molar-refractivity contribution in [2.24, 2.45) is 5.73 Å². The number of pyridine rings is 1. The number of halogens is 1. The van der Waals surface area contributed by atoms with Crippen molar-refractivity contribution in [3.8, 4) is 5.75 Å². The molecule has 20 heavy (non-hydrogen) atoms. The highest BCUT2D eigenvalue weighted by molar-refractivity contribution is 5.44. The van der Waals surface area contributed by atoms with Crippen molar-refractivity contribution in [2.45, 2.75) is 25.8 Å². The number of ether oxygens (including phenoxy) is 1. The van der Waals surface area contributed by atoms with Crippen LogP contribution in [0.4, 0.5) is 4.39 Å². The van der Waals surface area contributed by atoms with Crippen LogP contribution in [0, 0.1) is 5.82 Å². The third-order valence-corrected chi connectivity index (χ3v) is 3.41. The number of para-hydroxylation sites is 1. The summed E-state index contributed by atoms with van der Waals surface area (Å²) in [6.07, 6.45) is 1.83. The molecule has 106 valence electrons. The Morgan fingerprint density at radius 1 is 1.20 bits per heavy atom. The largest absolute Gasteiger partial charge is 0.494 e. The molecule has 1 aromatic heterocycles. The first-order chi connectivity index (χ1) is 9.61. The zero-order chi connectivity index (χ0) is 14.6. The highest BCUT2D eigenvalue weighted by Gasteiger charge is 2.32. The van der Waals surface area contributed by atoms with E-state index in [0.717, 1.165) is 11.3 Å². The van der Waals surface area contributed by atoms with Gasteiger partial charge in [0.15, 0.2) is 0 Å². The predicted molar refractivity (Wildman–Crippen MR) is 77.1 cm³/mol. The van der Waals surface area contributed by atoms with Gasteiger partial charge in [0.25, 0.3) is 0 Å². The molecule has 0 fully saturated rings. The third-order valence-electron chi connectivity index (χ3n) is 3.41. The monoisotopic (exact) mass is 274 g/mol. The zero-order valence-corrected chi connectivity index (χ0v) is 11.8. The molecule has 0 aliphatic carbocycles. The van der Waals surface area contributed by atoms with E-state index in [9.17, 15) is 4.39 Å². The summed E-state index contributed by atoms with van der Waals surface area (Å²) in [5.74, 6) is 0.371. The highest BCUT2D eigenvalue weighted by atomic mass is 19.1. The minimum absolute atomic E-state index is 0.370. The summed E-state index contributed by atoms with van der Waals surface area (Å²) in [5, 5.41) is 0. The third kappa shape index (κ3) is 2.65. The Labute approximate surface area is 118 Å². The molecule has 0 saturated carbocycles. The van der Waals surface area contributed by atoms with Gasteiger partial charge in [-0.3, -0.25) is 4.98 Å². The van der Waals surface area contributed by atoms with E-state index in [1.807, 2.05) is 38.1 Å². The van der Waals surface area contributed by atoms with E-state index in [1.54, 1.807) is 6.07 Å². The van der Waals surface area contributed by atoms with Crippen molar-refractivity contribution < 1.29 is 9.13 Å². The van der Waals surface area contributed by atoms with Crippen molar-refractivity contribution >= 4 is 0 Å². The molecule has 3 nitrogen and oxygen atoms in total. The second-order valence-corrected chi connectivity index (χ2v) is 4.62. The number of rotatable bonds is 5. The molecule has 0 aliphatic rings.